The Balaban J connectivity index is 4.01. The number of ether oxygens (including phenoxy) is 1. The van der Waals surface area contributed by atoms with Gasteiger partial charge < -0.3 is 9.64 Å². The molecule has 0 N–H and O–H groups in total. The molecule has 0 spiro atoms. The van der Waals surface area contributed by atoms with Gasteiger partial charge in [0.2, 0.25) is 0 Å². The summed E-state index contributed by atoms with van der Waals surface area (Å²) in [4.78, 5) is 14.7. The van der Waals surface area contributed by atoms with Crippen molar-refractivity contribution in [3.8, 4) is 0 Å². The number of carbonyl (C=O) groups excluding carboxylic acids is 1. The van der Waals surface area contributed by atoms with Gasteiger partial charge in [-0.1, -0.05) is 140 Å². The summed E-state index contributed by atoms with van der Waals surface area (Å²) in [6.45, 7) is 5.46. The second kappa shape index (κ2) is 37.8. The molecule has 0 aliphatic carbocycles. The topological polar surface area (TPSA) is 29.5 Å². The van der Waals surface area contributed by atoms with Gasteiger partial charge in [0.25, 0.3) is 0 Å². The summed E-state index contributed by atoms with van der Waals surface area (Å²) >= 11 is 0. The van der Waals surface area contributed by atoms with Crippen LogP contribution in [-0.4, -0.2) is 37.6 Å². The molecule has 0 fully saturated rings. The molecule has 0 aromatic heterocycles. The highest BCUT2D eigenvalue weighted by Gasteiger charge is 2.14. The van der Waals surface area contributed by atoms with Gasteiger partial charge in [-0.15, -0.1) is 0 Å². The summed E-state index contributed by atoms with van der Waals surface area (Å²) in [6, 6.07) is 0. The number of nitrogens with zero attached hydrogens (tertiary/aromatic N) is 1. The Hall–Kier alpha value is -1.61. The highest BCUT2D eigenvalue weighted by molar-refractivity contribution is 5.69. The molecule has 1 atom stereocenters. The van der Waals surface area contributed by atoms with Crippen LogP contribution in [0.5, 0.6) is 0 Å². The average Bonchev–Trinajstić information content (AvgIpc) is 3.04. The SMILES string of the molecule is CCCCCC=CC/C=C\CCCCCCCCC(CCCCCCCC/C=C\C/C=C\CCCCC)OC(=O)CCCN(C)C. The molecule has 0 saturated carbocycles. The monoisotopic (exact) mass is 642 g/mol. The number of hydrogen-bond donors (Lipinski definition) is 0. The first-order valence-electron chi connectivity index (χ1n) is 20.0. The van der Waals surface area contributed by atoms with Gasteiger partial charge in [0, 0.05) is 6.42 Å². The third-order valence-electron chi connectivity index (χ3n) is 8.74. The minimum atomic E-state index is 0.00641. The maximum atomic E-state index is 12.5. The molecule has 0 saturated heterocycles. The molecule has 0 rings (SSSR count). The standard InChI is InChI=1S/C43H79NO2/c1-5-7-9-11-13-15-17-19-21-23-25-27-29-31-33-35-38-42(46-43(45)40-37-41-44(3)4)39-36-34-32-30-28-26-24-22-20-18-16-14-12-10-8-6-2/h13-16,19-22,42H,5-12,17-18,23-41H2,1-4H3/b15-13-,16-14?,21-19-,22-20-. The molecule has 0 heterocycles. The van der Waals surface area contributed by atoms with Crippen LogP contribution in [0.1, 0.15) is 194 Å². The molecule has 0 radical (unpaired) electrons. The van der Waals surface area contributed by atoms with E-state index in [1.165, 1.54) is 141 Å². The normalized spacial score (nSPS) is 13.0. The molecule has 1 unspecified atom stereocenters. The van der Waals surface area contributed by atoms with E-state index in [1.807, 2.05) is 0 Å². The van der Waals surface area contributed by atoms with Crippen molar-refractivity contribution in [2.75, 3.05) is 20.6 Å². The van der Waals surface area contributed by atoms with Crippen LogP contribution in [0.15, 0.2) is 48.6 Å². The van der Waals surface area contributed by atoms with Crippen LogP contribution in [0.2, 0.25) is 0 Å². The molecule has 3 nitrogen and oxygen atoms in total. The van der Waals surface area contributed by atoms with E-state index in [2.05, 4.69) is 81.5 Å². The molecule has 0 bridgehead atoms. The number of carbonyl (C=O) groups is 1. The summed E-state index contributed by atoms with van der Waals surface area (Å²) in [5.41, 5.74) is 0. The first-order chi connectivity index (χ1) is 22.6. The van der Waals surface area contributed by atoms with Crippen LogP contribution in [-0.2, 0) is 9.53 Å². The number of rotatable bonds is 35. The molecule has 0 aromatic carbocycles. The number of unbranched alkanes of at least 4 members (excludes halogenated alkanes) is 18. The Morgan fingerprint density at radius 3 is 1.26 bits per heavy atom. The third kappa shape index (κ3) is 36.9. The van der Waals surface area contributed by atoms with Gasteiger partial charge in [-0.3, -0.25) is 4.79 Å². The second-order valence-corrected chi connectivity index (χ2v) is 13.8. The van der Waals surface area contributed by atoms with Crippen molar-refractivity contribution in [1.82, 2.24) is 4.90 Å². The Labute approximate surface area is 288 Å². The summed E-state index contributed by atoms with van der Waals surface area (Å²) in [5, 5.41) is 0. The second-order valence-electron chi connectivity index (χ2n) is 13.8. The summed E-state index contributed by atoms with van der Waals surface area (Å²) < 4.78 is 6.00. The zero-order chi connectivity index (χ0) is 33.6. The van der Waals surface area contributed by atoms with Gasteiger partial charge in [0.05, 0.1) is 0 Å². The lowest BCUT2D eigenvalue weighted by atomic mass is 10.0. The molecule has 268 valence electrons. The summed E-state index contributed by atoms with van der Waals surface area (Å²) in [6.07, 6.45) is 52.8. The van der Waals surface area contributed by atoms with Crippen LogP contribution in [0.4, 0.5) is 0 Å². The van der Waals surface area contributed by atoms with Gasteiger partial charge in [0.15, 0.2) is 0 Å². The smallest absolute Gasteiger partial charge is 0.306 e. The van der Waals surface area contributed by atoms with Crippen LogP contribution < -0.4 is 0 Å². The van der Waals surface area contributed by atoms with Crippen molar-refractivity contribution >= 4 is 5.97 Å². The molecule has 0 aliphatic heterocycles. The zero-order valence-electron chi connectivity index (χ0n) is 31.5. The number of hydrogen-bond acceptors (Lipinski definition) is 3. The molecule has 0 aliphatic rings. The van der Waals surface area contributed by atoms with E-state index >= 15 is 0 Å². The van der Waals surface area contributed by atoms with Crippen LogP contribution in [0.25, 0.3) is 0 Å². The zero-order valence-corrected chi connectivity index (χ0v) is 31.5. The van der Waals surface area contributed by atoms with E-state index in [9.17, 15) is 4.79 Å². The highest BCUT2D eigenvalue weighted by atomic mass is 16.5. The van der Waals surface area contributed by atoms with Crippen LogP contribution in [0.3, 0.4) is 0 Å². The quantitative estimate of drug-likeness (QED) is 0.0392. The fourth-order valence-electron chi connectivity index (χ4n) is 5.77. The van der Waals surface area contributed by atoms with E-state index in [1.54, 1.807) is 0 Å². The predicted molar refractivity (Wildman–Crippen MR) is 206 cm³/mol. The predicted octanol–water partition coefficient (Wildman–Crippen LogP) is 13.6. The van der Waals surface area contributed by atoms with Crippen LogP contribution in [0, 0.1) is 0 Å². The van der Waals surface area contributed by atoms with Crippen molar-refractivity contribution in [2.24, 2.45) is 0 Å². The van der Waals surface area contributed by atoms with E-state index in [0.29, 0.717) is 6.42 Å². The van der Waals surface area contributed by atoms with Gasteiger partial charge in [-0.2, -0.15) is 0 Å². The highest BCUT2D eigenvalue weighted by Crippen LogP contribution is 2.18. The van der Waals surface area contributed by atoms with Gasteiger partial charge in [0.1, 0.15) is 6.10 Å². The van der Waals surface area contributed by atoms with Gasteiger partial charge >= 0.3 is 5.97 Å². The van der Waals surface area contributed by atoms with Gasteiger partial charge in [-0.25, -0.2) is 0 Å². The minimum absolute atomic E-state index is 0.00641. The fraction of sp³-hybridized carbons (Fsp3) is 0.791. The molecule has 0 amide bonds. The fourth-order valence-corrected chi connectivity index (χ4v) is 5.77. The number of allylic oxidation sites excluding steroid dienone is 8. The average molecular weight is 642 g/mol. The maximum absolute atomic E-state index is 12.5. The summed E-state index contributed by atoms with van der Waals surface area (Å²) in [5.74, 6) is 0.00641. The third-order valence-corrected chi connectivity index (χ3v) is 8.74. The first kappa shape index (κ1) is 44.4. The molecule has 46 heavy (non-hydrogen) atoms. The molecular weight excluding hydrogens is 562 g/mol. The van der Waals surface area contributed by atoms with Gasteiger partial charge in [-0.05, 0) is 117 Å². The number of esters is 1. The Kier molecular flexibility index (Phi) is 36.5. The van der Waals surface area contributed by atoms with E-state index in [-0.39, 0.29) is 12.1 Å². The molecule has 3 heteroatoms. The Morgan fingerprint density at radius 2 is 0.870 bits per heavy atom. The van der Waals surface area contributed by atoms with Crippen molar-refractivity contribution in [3.63, 3.8) is 0 Å². The largest absolute Gasteiger partial charge is 0.462 e. The Bertz CT molecular complexity index is 687. The maximum Gasteiger partial charge on any atom is 0.306 e. The van der Waals surface area contributed by atoms with E-state index in [4.69, 9.17) is 4.74 Å². The Morgan fingerprint density at radius 1 is 0.500 bits per heavy atom. The summed E-state index contributed by atoms with van der Waals surface area (Å²) in [7, 11) is 4.12. The van der Waals surface area contributed by atoms with E-state index < -0.39 is 0 Å². The van der Waals surface area contributed by atoms with E-state index in [0.717, 1.165) is 38.6 Å². The molecule has 0 aromatic rings. The lowest BCUT2D eigenvalue weighted by Gasteiger charge is -2.18. The van der Waals surface area contributed by atoms with Crippen molar-refractivity contribution < 1.29 is 9.53 Å². The first-order valence-corrected chi connectivity index (χ1v) is 20.0. The van der Waals surface area contributed by atoms with Crippen LogP contribution >= 0.6 is 0 Å². The minimum Gasteiger partial charge on any atom is -0.462 e. The van der Waals surface area contributed by atoms with Crippen molar-refractivity contribution in [2.45, 2.75) is 200 Å². The molecular formula is C43H79NO2. The van der Waals surface area contributed by atoms with Crippen molar-refractivity contribution in [3.05, 3.63) is 48.6 Å². The lowest BCUT2D eigenvalue weighted by molar-refractivity contribution is -0.150. The van der Waals surface area contributed by atoms with Crippen molar-refractivity contribution in [1.29, 1.82) is 0 Å². The lowest BCUT2D eigenvalue weighted by Crippen LogP contribution is -2.20.